The van der Waals surface area contributed by atoms with E-state index < -0.39 is 10.0 Å². The molecule has 10 nitrogen and oxygen atoms in total. The molecule has 0 amide bonds. The summed E-state index contributed by atoms with van der Waals surface area (Å²) in [6.07, 6.45) is 0. The lowest BCUT2D eigenvalue weighted by Crippen LogP contribution is -2.25. The molecule has 1 heterocycles. The zero-order valence-corrected chi connectivity index (χ0v) is 16.3. The number of aromatic nitrogens is 4. The molecule has 28 heavy (non-hydrogen) atoms. The third-order valence-electron chi connectivity index (χ3n) is 3.94. The summed E-state index contributed by atoms with van der Waals surface area (Å²) < 4.78 is 44.6. The Morgan fingerprint density at radius 2 is 1.68 bits per heavy atom. The van der Waals surface area contributed by atoms with Crippen molar-refractivity contribution in [2.24, 2.45) is 0 Å². The molecule has 0 fully saturated rings. The van der Waals surface area contributed by atoms with Crippen LogP contribution in [-0.4, -0.2) is 50.0 Å². The number of ether oxygens (including phenoxy) is 3. The summed E-state index contributed by atoms with van der Waals surface area (Å²) in [5.41, 5.74) is 0.672. The van der Waals surface area contributed by atoms with E-state index in [1.165, 1.54) is 37.1 Å². The Labute approximate surface area is 162 Å². The Morgan fingerprint density at radius 3 is 2.32 bits per heavy atom. The van der Waals surface area contributed by atoms with E-state index in [1.54, 1.807) is 31.4 Å². The van der Waals surface area contributed by atoms with E-state index in [1.807, 2.05) is 0 Å². The molecule has 0 saturated heterocycles. The number of nitrogens with zero attached hydrogens (tertiary/aromatic N) is 4. The van der Waals surface area contributed by atoms with Crippen molar-refractivity contribution in [3.05, 3.63) is 48.3 Å². The second kappa shape index (κ2) is 8.23. The van der Waals surface area contributed by atoms with Gasteiger partial charge in [-0.25, -0.2) is 13.1 Å². The second-order valence-electron chi connectivity index (χ2n) is 5.55. The van der Waals surface area contributed by atoms with Crippen LogP contribution in [0, 0.1) is 0 Å². The van der Waals surface area contributed by atoms with Crippen molar-refractivity contribution in [1.82, 2.24) is 24.9 Å². The van der Waals surface area contributed by atoms with Crippen molar-refractivity contribution in [3.8, 4) is 22.9 Å². The Balaban J connectivity index is 1.79. The van der Waals surface area contributed by atoms with E-state index in [0.29, 0.717) is 28.8 Å². The molecule has 0 bridgehead atoms. The molecular weight excluding hydrogens is 386 g/mol. The first-order valence-electron chi connectivity index (χ1n) is 8.12. The summed E-state index contributed by atoms with van der Waals surface area (Å²) in [5, 5.41) is 11.4. The van der Waals surface area contributed by atoms with Crippen LogP contribution in [0.25, 0.3) is 5.69 Å². The average molecular weight is 405 g/mol. The highest BCUT2D eigenvalue weighted by Crippen LogP contribution is 2.29. The Bertz CT molecular complexity index is 1050. The van der Waals surface area contributed by atoms with E-state index in [-0.39, 0.29) is 11.4 Å². The standard InChI is InChI=1S/C17H19N5O5S/c1-25-13-6-4-12(5-7-13)22-17(19-20-21-22)11-18-28(23,24)14-8-9-15(26-2)16(10-14)27-3/h4-10,18H,11H2,1-3H3. The zero-order chi connectivity index (χ0) is 20.1. The molecule has 1 aromatic heterocycles. The Kier molecular flexibility index (Phi) is 5.76. The number of hydrogen-bond donors (Lipinski definition) is 1. The molecule has 11 heteroatoms. The van der Waals surface area contributed by atoms with Gasteiger partial charge in [0.25, 0.3) is 0 Å². The van der Waals surface area contributed by atoms with Crippen molar-refractivity contribution < 1.29 is 22.6 Å². The first-order chi connectivity index (χ1) is 13.5. The minimum absolute atomic E-state index is 0.0358. The van der Waals surface area contributed by atoms with Crippen LogP contribution in [0.4, 0.5) is 0 Å². The zero-order valence-electron chi connectivity index (χ0n) is 15.5. The highest BCUT2D eigenvalue weighted by molar-refractivity contribution is 7.89. The lowest BCUT2D eigenvalue weighted by atomic mass is 10.3. The van der Waals surface area contributed by atoms with Crippen LogP contribution in [0.2, 0.25) is 0 Å². The van der Waals surface area contributed by atoms with Gasteiger partial charge in [0.15, 0.2) is 17.3 Å². The SMILES string of the molecule is COc1ccc(-n2nnnc2CNS(=O)(=O)c2ccc(OC)c(OC)c2)cc1. The third-order valence-corrected chi connectivity index (χ3v) is 5.34. The van der Waals surface area contributed by atoms with Crippen LogP contribution in [-0.2, 0) is 16.6 Å². The molecule has 0 unspecified atom stereocenters. The smallest absolute Gasteiger partial charge is 0.241 e. The molecule has 0 saturated carbocycles. The predicted octanol–water partition coefficient (Wildman–Crippen LogP) is 1.17. The second-order valence-corrected chi connectivity index (χ2v) is 7.31. The number of nitrogens with one attached hydrogen (secondary N) is 1. The van der Waals surface area contributed by atoms with Crippen LogP contribution in [0.5, 0.6) is 17.2 Å². The fourth-order valence-electron chi connectivity index (χ4n) is 2.47. The van der Waals surface area contributed by atoms with Gasteiger partial charge in [-0.1, -0.05) is 0 Å². The van der Waals surface area contributed by atoms with Crippen LogP contribution in [0.1, 0.15) is 5.82 Å². The van der Waals surface area contributed by atoms with E-state index in [9.17, 15) is 8.42 Å². The van der Waals surface area contributed by atoms with Crippen molar-refractivity contribution in [2.45, 2.75) is 11.4 Å². The van der Waals surface area contributed by atoms with E-state index in [2.05, 4.69) is 20.2 Å². The Hall–Kier alpha value is -3.18. The number of hydrogen-bond acceptors (Lipinski definition) is 8. The molecule has 0 aliphatic heterocycles. The largest absolute Gasteiger partial charge is 0.497 e. The van der Waals surface area contributed by atoms with Gasteiger partial charge in [0.05, 0.1) is 38.5 Å². The van der Waals surface area contributed by atoms with Gasteiger partial charge in [-0.2, -0.15) is 4.68 Å². The molecule has 0 aliphatic carbocycles. The maximum Gasteiger partial charge on any atom is 0.241 e. The molecule has 1 N–H and O–H groups in total. The van der Waals surface area contributed by atoms with E-state index >= 15 is 0 Å². The molecule has 3 rings (SSSR count). The van der Waals surface area contributed by atoms with Gasteiger partial charge < -0.3 is 14.2 Å². The van der Waals surface area contributed by atoms with Gasteiger partial charge in [-0.05, 0) is 46.8 Å². The molecule has 148 valence electrons. The fourth-order valence-corrected chi connectivity index (χ4v) is 3.46. The van der Waals surface area contributed by atoms with Crippen LogP contribution in [0.15, 0.2) is 47.4 Å². The van der Waals surface area contributed by atoms with Crippen LogP contribution >= 0.6 is 0 Å². The fraction of sp³-hybridized carbons (Fsp3) is 0.235. The first-order valence-corrected chi connectivity index (χ1v) is 9.60. The number of rotatable bonds is 8. The van der Waals surface area contributed by atoms with E-state index in [4.69, 9.17) is 14.2 Å². The average Bonchev–Trinajstić information content (AvgIpc) is 3.20. The molecule has 3 aromatic rings. The number of sulfonamides is 1. The minimum atomic E-state index is -3.82. The van der Waals surface area contributed by atoms with Gasteiger partial charge in [0.2, 0.25) is 10.0 Å². The molecular formula is C17H19N5O5S. The highest BCUT2D eigenvalue weighted by Gasteiger charge is 2.19. The van der Waals surface area contributed by atoms with Crippen molar-refractivity contribution in [3.63, 3.8) is 0 Å². The predicted molar refractivity (Wildman–Crippen MR) is 99.3 cm³/mol. The van der Waals surface area contributed by atoms with E-state index in [0.717, 1.165) is 0 Å². The number of benzene rings is 2. The van der Waals surface area contributed by atoms with Gasteiger partial charge >= 0.3 is 0 Å². The Morgan fingerprint density at radius 1 is 0.964 bits per heavy atom. The van der Waals surface area contributed by atoms with Crippen molar-refractivity contribution in [1.29, 1.82) is 0 Å². The summed E-state index contributed by atoms with van der Waals surface area (Å²) in [5.74, 6) is 1.76. The van der Waals surface area contributed by atoms with Gasteiger partial charge in [0.1, 0.15) is 5.75 Å². The third kappa shape index (κ3) is 4.05. The van der Waals surface area contributed by atoms with Crippen LogP contribution < -0.4 is 18.9 Å². The summed E-state index contributed by atoms with van der Waals surface area (Å²) in [7, 11) is 0.663. The molecule has 2 aromatic carbocycles. The minimum Gasteiger partial charge on any atom is -0.497 e. The summed E-state index contributed by atoms with van der Waals surface area (Å²) in [6, 6.07) is 11.4. The molecule has 0 radical (unpaired) electrons. The molecule has 0 aliphatic rings. The number of tetrazole rings is 1. The maximum absolute atomic E-state index is 12.6. The van der Waals surface area contributed by atoms with Crippen molar-refractivity contribution >= 4 is 10.0 Å². The van der Waals surface area contributed by atoms with Gasteiger partial charge in [-0.3, -0.25) is 0 Å². The van der Waals surface area contributed by atoms with Crippen LogP contribution in [0.3, 0.4) is 0 Å². The van der Waals surface area contributed by atoms with Gasteiger partial charge in [-0.15, -0.1) is 5.10 Å². The quantitative estimate of drug-likeness (QED) is 0.593. The topological polar surface area (TPSA) is 117 Å². The highest BCUT2D eigenvalue weighted by atomic mass is 32.2. The molecule has 0 spiro atoms. The lowest BCUT2D eigenvalue weighted by molar-refractivity contribution is 0.354. The summed E-state index contributed by atoms with van der Waals surface area (Å²) in [6.45, 7) is -0.101. The maximum atomic E-state index is 12.6. The number of methoxy groups -OCH3 is 3. The van der Waals surface area contributed by atoms with Gasteiger partial charge in [0, 0.05) is 6.07 Å². The molecule has 0 atom stereocenters. The lowest BCUT2D eigenvalue weighted by Gasteiger charge is -2.11. The normalized spacial score (nSPS) is 11.2. The first kappa shape index (κ1) is 19.6. The van der Waals surface area contributed by atoms with Crippen molar-refractivity contribution in [2.75, 3.05) is 21.3 Å². The monoisotopic (exact) mass is 405 g/mol. The summed E-state index contributed by atoms with van der Waals surface area (Å²) in [4.78, 5) is 0.0358. The summed E-state index contributed by atoms with van der Waals surface area (Å²) >= 11 is 0.